The summed E-state index contributed by atoms with van der Waals surface area (Å²) < 4.78 is 16.2. The smallest absolute Gasteiger partial charge is 0.231 e. The van der Waals surface area contributed by atoms with Crippen molar-refractivity contribution in [1.82, 2.24) is 0 Å². The molecule has 0 aromatic heterocycles. The number of hydrogen-bond acceptors (Lipinski definition) is 6. The zero-order valence-corrected chi connectivity index (χ0v) is 13.6. The molecule has 0 saturated heterocycles. The average molecular weight is 339 g/mol. The van der Waals surface area contributed by atoms with Crippen molar-refractivity contribution in [3.05, 3.63) is 28.5 Å². The van der Waals surface area contributed by atoms with E-state index in [1.54, 1.807) is 6.92 Å². The van der Waals surface area contributed by atoms with Gasteiger partial charge in [-0.05, 0) is 0 Å². The number of benzene rings is 1. The number of halogens is 1. The van der Waals surface area contributed by atoms with Gasteiger partial charge in [-0.3, -0.25) is 9.59 Å². The number of phenols is 1. The summed E-state index contributed by atoms with van der Waals surface area (Å²) in [4.78, 5) is 24.8. The van der Waals surface area contributed by atoms with Gasteiger partial charge in [0.25, 0.3) is 0 Å². The summed E-state index contributed by atoms with van der Waals surface area (Å²) >= 11 is 6.22. The van der Waals surface area contributed by atoms with Crippen LogP contribution in [0, 0.1) is 5.92 Å². The lowest BCUT2D eigenvalue weighted by Crippen LogP contribution is -2.51. The van der Waals surface area contributed by atoms with Crippen molar-refractivity contribution in [1.29, 1.82) is 0 Å². The zero-order chi connectivity index (χ0) is 16.9. The minimum atomic E-state index is -1.50. The zero-order valence-electron chi connectivity index (χ0n) is 12.8. The highest BCUT2D eigenvalue weighted by molar-refractivity contribution is 6.35. The van der Waals surface area contributed by atoms with E-state index in [1.807, 2.05) is 0 Å². The first-order valence-corrected chi connectivity index (χ1v) is 7.36. The number of ketones is 2. The molecule has 0 amide bonds. The van der Waals surface area contributed by atoms with E-state index in [2.05, 4.69) is 0 Å². The van der Waals surface area contributed by atoms with E-state index in [0.717, 1.165) is 0 Å². The Morgan fingerprint density at radius 1 is 1.35 bits per heavy atom. The molecule has 23 heavy (non-hydrogen) atoms. The van der Waals surface area contributed by atoms with E-state index >= 15 is 0 Å². The molecule has 2 atom stereocenters. The Bertz CT molecular complexity index is 753. The molecule has 0 bridgehead atoms. The molecule has 6 nitrogen and oxygen atoms in total. The minimum Gasteiger partial charge on any atom is -0.507 e. The number of aromatic hydroxyl groups is 1. The fourth-order valence-electron chi connectivity index (χ4n) is 3.15. The maximum Gasteiger partial charge on any atom is 0.231 e. The Balaban J connectivity index is 2.24. The summed E-state index contributed by atoms with van der Waals surface area (Å²) in [5, 5.41) is 10.3. The lowest BCUT2D eigenvalue weighted by atomic mass is 9.75. The quantitative estimate of drug-likeness (QED) is 0.892. The number of fused-ring (bicyclic) bond motifs is 1. The summed E-state index contributed by atoms with van der Waals surface area (Å²) in [6.45, 7) is 1.72. The molecule has 0 radical (unpaired) electrons. The van der Waals surface area contributed by atoms with Crippen LogP contribution in [0.15, 0.2) is 17.9 Å². The maximum atomic E-state index is 13.0. The van der Waals surface area contributed by atoms with Gasteiger partial charge in [-0.25, -0.2) is 0 Å². The number of carbonyl (C=O) groups is 2. The molecule has 1 aromatic carbocycles. The Labute approximate surface area is 137 Å². The summed E-state index contributed by atoms with van der Waals surface area (Å²) in [7, 11) is 2.75. The molecule has 1 spiro atoms. The summed E-state index contributed by atoms with van der Waals surface area (Å²) in [6, 6.07) is 1.26. The highest BCUT2D eigenvalue weighted by Gasteiger charge is 2.59. The third-order valence-corrected chi connectivity index (χ3v) is 4.65. The van der Waals surface area contributed by atoms with Crippen molar-refractivity contribution < 1.29 is 28.9 Å². The van der Waals surface area contributed by atoms with E-state index in [9.17, 15) is 14.7 Å². The van der Waals surface area contributed by atoms with Crippen LogP contribution in [-0.4, -0.2) is 36.5 Å². The number of rotatable bonds is 2. The molecule has 7 heteroatoms. The molecule has 1 heterocycles. The molecule has 1 aliphatic heterocycles. The summed E-state index contributed by atoms with van der Waals surface area (Å²) in [5.74, 6) is -1.06. The summed E-state index contributed by atoms with van der Waals surface area (Å²) in [6.07, 6.45) is 1.38. The molecule has 1 aliphatic carbocycles. The lowest BCUT2D eigenvalue weighted by molar-refractivity contribution is -0.118. The Hall–Kier alpha value is -2.21. The molecule has 2 aliphatic rings. The number of Topliss-reactive ketones (excluding diaryl/α,β-unsaturated/α-hetero) is 1. The maximum absolute atomic E-state index is 13.0. The van der Waals surface area contributed by atoms with Crippen molar-refractivity contribution in [2.24, 2.45) is 5.92 Å². The van der Waals surface area contributed by atoms with Gasteiger partial charge in [-0.1, -0.05) is 18.5 Å². The van der Waals surface area contributed by atoms with Crippen LogP contribution in [0.2, 0.25) is 5.02 Å². The number of phenolic OH excluding ortho intramolecular Hbond substituents is 1. The fraction of sp³-hybridized carbons (Fsp3) is 0.375. The van der Waals surface area contributed by atoms with Crippen molar-refractivity contribution in [2.45, 2.75) is 18.9 Å². The number of allylic oxidation sites excluding steroid dienone is 1. The van der Waals surface area contributed by atoms with Crippen molar-refractivity contribution >= 4 is 23.2 Å². The second-order valence-electron chi connectivity index (χ2n) is 5.57. The second kappa shape index (κ2) is 5.16. The van der Waals surface area contributed by atoms with Crippen LogP contribution < -0.4 is 9.47 Å². The number of methoxy groups -OCH3 is 2. The van der Waals surface area contributed by atoms with Gasteiger partial charge in [0.05, 0.1) is 14.2 Å². The van der Waals surface area contributed by atoms with Crippen LogP contribution in [0.4, 0.5) is 0 Å². The van der Waals surface area contributed by atoms with E-state index in [1.165, 1.54) is 26.4 Å². The molecule has 2 unspecified atom stereocenters. The Kier molecular flexibility index (Phi) is 3.52. The predicted octanol–water partition coefficient (Wildman–Crippen LogP) is 2.51. The van der Waals surface area contributed by atoms with Gasteiger partial charge in [-0.2, -0.15) is 0 Å². The van der Waals surface area contributed by atoms with Gasteiger partial charge in [0, 0.05) is 24.5 Å². The minimum absolute atomic E-state index is 0.0278. The molecular formula is C16H15ClO6. The summed E-state index contributed by atoms with van der Waals surface area (Å²) in [5.41, 5.74) is -1.53. The average Bonchev–Trinajstić information content (AvgIpc) is 2.82. The van der Waals surface area contributed by atoms with Gasteiger partial charge in [0.1, 0.15) is 22.1 Å². The SMILES string of the molecule is COC1=CC(=O)CC(C)C12Oc1c(Cl)c(OC)cc(O)c1C2=O. The van der Waals surface area contributed by atoms with Crippen LogP contribution in [-0.2, 0) is 9.53 Å². The standard InChI is InChI=1S/C16H15ClO6/c1-7-4-8(18)5-11(22-3)16(7)15(20)12-9(19)6-10(21-2)13(17)14(12)23-16/h5-7,19H,4H2,1-3H3. The third kappa shape index (κ3) is 1.94. The molecular weight excluding hydrogens is 324 g/mol. The fourth-order valence-corrected chi connectivity index (χ4v) is 3.42. The van der Waals surface area contributed by atoms with Crippen LogP contribution >= 0.6 is 11.6 Å². The molecule has 1 N–H and O–H groups in total. The molecule has 0 saturated carbocycles. The van der Waals surface area contributed by atoms with E-state index in [4.69, 9.17) is 25.8 Å². The van der Waals surface area contributed by atoms with Crippen LogP contribution in [0.1, 0.15) is 23.7 Å². The first kappa shape index (κ1) is 15.7. The van der Waals surface area contributed by atoms with Gasteiger partial charge >= 0.3 is 0 Å². The predicted molar refractivity (Wildman–Crippen MR) is 81.2 cm³/mol. The van der Waals surface area contributed by atoms with Gasteiger partial charge in [0.15, 0.2) is 17.3 Å². The van der Waals surface area contributed by atoms with Crippen molar-refractivity contribution in [3.8, 4) is 17.2 Å². The normalized spacial score (nSPS) is 25.9. The molecule has 0 fully saturated rings. The largest absolute Gasteiger partial charge is 0.507 e. The van der Waals surface area contributed by atoms with Gasteiger partial charge < -0.3 is 19.3 Å². The van der Waals surface area contributed by atoms with E-state index in [-0.39, 0.29) is 45.8 Å². The Morgan fingerprint density at radius 2 is 2.04 bits per heavy atom. The number of hydrogen-bond donors (Lipinski definition) is 1. The van der Waals surface area contributed by atoms with E-state index < -0.39 is 17.3 Å². The van der Waals surface area contributed by atoms with E-state index in [0.29, 0.717) is 0 Å². The highest BCUT2D eigenvalue weighted by atomic mass is 35.5. The van der Waals surface area contributed by atoms with Crippen LogP contribution in [0.25, 0.3) is 0 Å². The molecule has 3 rings (SSSR count). The van der Waals surface area contributed by atoms with Crippen molar-refractivity contribution in [3.63, 3.8) is 0 Å². The monoisotopic (exact) mass is 338 g/mol. The molecule has 122 valence electrons. The Morgan fingerprint density at radius 3 is 2.65 bits per heavy atom. The lowest BCUT2D eigenvalue weighted by Gasteiger charge is -2.36. The first-order chi connectivity index (χ1) is 10.9. The number of ether oxygens (including phenoxy) is 3. The van der Waals surface area contributed by atoms with Crippen LogP contribution in [0.3, 0.4) is 0 Å². The number of carbonyl (C=O) groups excluding carboxylic acids is 2. The first-order valence-electron chi connectivity index (χ1n) is 6.99. The van der Waals surface area contributed by atoms with Gasteiger partial charge in [0.2, 0.25) is 11.4 Å². The highest BCUT2D eigenvalue weighted by Crippen LogP contribution is 2.54. The van der Waals surface area contributed by atoms with Gasteiger partial charge in [-0.15, -0.1) is 0 Å². The topological polar surface area (TPSA) is 82.1 Å². The third-order valence-electron chi connectivity index (χ3n) is 4.29. The second-order valence-corrected chi connectivity index (χ2v) is 5.95. The molecule has 1 aromatic rings. The van der Waals surface area contributed by atoms with Crippen LogP contribution in [0.5, 0.6) is 17.2 Å². The van der Waals surface area contributed by atoms with Crippen molar-refractivity contribution in [2.75, 3.05) is 14.2 Å².